The van der Waals surface area contributed by atoms with Crippen molar-refractivity contribution in [1.29, 1.82) is 0 Å². The molecule has 2 heterocycles. The van der Waals surface area contributed by atoms with Gasteiger partial charge in [0.25, 0.3) is 0 Å². The van der Waals surface area contributed by atoms with Crippen LogP contribution in [-0.4, -0.2) is 61.2 Å². The summed E-state index contributed by atoms with van der Waals surface area (Å²) in [5.74, 6) is 0. The smallest absolute Gasteiger partial charge is 0.0280 e. The maximum absolute atomic E-state index is 3.72. The van der Waals surface area contributed by atoms with E-state index in [9.17, 15) is 0 Å². The molecule has 2 unspecified atom stereocenters. The number of rotatable bonds is 5. The minimum absolute atomic E-state index is 0.350. The fraction of sp³-hybridized carbons (Fsp3) is 1.00. The lowest BCUT2D eigenvalue weighted by Crippen LogP contribution is -2.54. The van der Waals surface area contributed by atoms with Gasteiger partial charge in [0.05, 0.1) is 0 Å². The summed E-state index contributed by atoms with van der Waals surface area (Å²) in [4.78, 5) is 5.20. The molecule has 2 aliphatic rings. The molecule has 106 valence electrons. The van der Waals surface area contributed by atoms with E-state index in [4.69, 9.17) is 0 Å². The molecule has 2 rings (SSSR count). The van der Waals surface area contributed by atoms with Crippen LogP contribution in [-0.2, 0) is 0 Å². The average Bonchev–Trinajstić information content (AvgIpc) is 2.76. The quantitative estimate of drug-likeness (QED) is 0.808. The van der Waals surface area contributed by atoms with Crippen LogP contribution in [0.2, 0.25) is 0 Å². The molecule has 2 saturated heterocycles. The molecule has 2 atom stereocenters. The normalized spacial score (nSPS) is 34.3. The summed E-state index contributed by atoms with van der Waals surface area (Å²) in [6.07, 6.45) is 6.86. The second kappa shape index (κ2) is 6.36. The van der Waals surface area contributed by atoms with Crippen molar-refractivity contribution < 1.29 is 0 Å². The minimum atomic E-state index is 0.350. The Bertz CT molecular complexity index is 248. The molecular weight excluding hydrogens is 222 g/mol. The SMILES string of the molecule is CCN1CCCC1CN(C)CC1(C)CCCCN1. The lowest BCUT2D eigenvalue weighted by molar-refractivity contribution is 0.148. The molecule has 2 aliphatic heterocycles. The molecule has 18 heavy (non-hydrogen) atoms. The van der Waals surface area contributed by atoms with Gasteiger partial charge in [-0.15, -0.1) is 0 Å². The summed E-state index contributed by atoms with van der Waals surface area (Å²) in [5.41, 5.74) is 0.350. The molecule has 2 fully saturated rings. The maximum atomic E-state index is 3.72. The zero-order chi connectivity index (χ0) is 13.0. The number of nitrogens with one attached hydrogen (secondary N) is 1. The van der Waals surface area contributed by atoms with Crippen LogP contribution in [0.1, 0.15) is 46.0 Å². The molecule has 0 spiro atoms. The summed E-state index contributed by atoms with van der Waals surface area (Å²) < 4.78 is 0. The molecule has 1 N–H and O–H groups in total. The lowest BCUT2D eigenvalue weighted by atomic mass is 9.90. The highest BCUT2D eigenvalue weighted by molar-refractivity contribution is 4.90. The highest BCUT2D eigenvalue weighted by Gasteiger charge is 2.30. The van der Waals surface area contributed by atoms with Crippen molar-refractivity contribution >= 4 is 0 Å². The summed E-state index contributed by atoms with van der Waals surface area (Å²) in [7, 11) is 2.30. The summed E-state index contributed by atoms with van der Waals surface area (Å²) in [6.45, 7) is 10.9. The van der Waals surface area contributed by atoms with Crippen LogP contribution >= 0.6 is 0 Å². The second-order valence-corrected chi connectivity index (χ2v) is 6.57. The lowest BCUT2D eigenvalue weighted by Gasteiger charge is -2.39. The zero-order valence-corrected chi connectivity index (χ0v) is 12.5. The van der Waals surface area contributed by atoms with E-state index in [1.165, 1.54) is 64.8 Å². The number of likely N-dealkylation sites (tertiary alicyclic amines) is 1. The van der Waals surface area contributed by atoms with Gasteiger partial charge in [-0.05, 0) is 59.3 Å². The zero-order valence-electron chi connectivity index (χ0n) is 12.5. The molecule has 0 aliphatic carbocycles. The number of hydrogen-bond acceptors (Lipinski definition) is 3. The molecule has 3 heteroatoms. The molecule has 0 aromatic heterocycles. The fourth-order valence-electron chi connectivity index (χ4n) is 3.79. The van der Waals surface area contributed by atoms with Crippen LogP contribution in [0.3, 0.4) is 0 Å². The van der Waals surface area contributed by atoms with Crippen LogP contribution in [0.25, 0.3) is 0 Å². The minimum Gasteiger partial charge on any atom is -0.310 e. The molecule has 0 radical (unpaired) electrons. The van der Waals surface area contributed by atoms with Crippen LogP contribution < -0.4 is 5.32 Å². The first kappa shape index (κ1) is 14.3. The number of nitrogens with zero attached hydrogens (tertiary/aromatic N) is 2. The third-order valence-electron chi connectivity index (χ3n) is 4.75. The molecule has 0 aromatic carbocycles. The number of piperidine rings is 1. The third kappa shape index (κ3) is 3.69. The summed E-state index contributed by atoms with van der Waals surface area (Å²) in [5, 5.41) is 3.72. The fourth-order valence-corrected chi connectivity index (χ4v) is 3.79. The topological polar surface area (TPSA) is 18.5 Å². The highest BCUT2D eigenvalue weighted by atomic mass is 15.2. The number of hydrogen-bond donors (Lipinski definition) is 1. The van der Waals surface area contributed by atoms with Crippen molar-refractivity contribution in [3.8, 4) is 0 Å². The first-order valence-electron chi connectivity index (χ1n) is 7.80. The van der Waals surface area contributed by atoms with Crippen LogP contribution in [0.15, 0.2) is 0 Å². The van der Waals surface area contributed by atoms with Gasteiger partial charge >= 0.3 is 0 Å². The van der Waals surface area contributed by atoms with Gasteiger partial charge in [-0.3, -0.25) is 4.90 Å². The predicted octanol–water partition coefficient (Wildman–Crippen LogP) is 1.93. The number of likely N-dealkylation sites (N-methyl/N-ethyl adjacent to an activating group) is 2. The third-order valence-corrected chi connectivity index (χ3v) is 4.75. The van der Waals surface area contributed by atoms with Gasteiger partial charge in [0.15, 0.2) is 0 Å². The van der Waals surface area contributed by atoms with E-state index >= 15 is 0 Å². The Morgan fingerprint density at radius 2 is 2.17 bits per heavy atom. The standard InChI is InChI=1S/C15H31N3/c1-4-18-11-7-8-14(18)12-17(3)13-15(2)9-5-6-10-16-15/h14,16H,4-13H2,1-3H3. The summed E-state index contributed by atoms with van der Waals surface area (Å²) >= 11 is 0. The van der Waals surface area contributed by atoms with Crippen molar-refractivity contribution in [2.45, 2.75) is 57.5 Å². The average molecular weight is 253 g/mol. The van der Waals surface area contributed by atoms with Crippen LogP contribution in [0.4, 0.5) is 0 Å². The van der Waals surface area contributed by atoms with Gasteiger partial charge in [-0.25, -0.2) is 0 Å². The van der Waals surface area contributed by atoms with Crippen molar-refractivity contribution in [3.05, 3.63) is 0 Å². The van der Waals surface area contributed by atoms with Gasteiger partial charge in [-0.2, -0.15) is 0 Å². The highest BCUT2D eigenvalue weighted by Crippen LogP contribution is 2.21. The molecule has 0 amide bonds. The van der Waals surface area contributed by atoms with Gasteiger partial charge in [-0.1, -0.05) is 13.3 Å². The van der Waals surface area contributed by atoms with Gasteiger partial charge in [0.2, 0.25) is 0 Å². The Morgan fingerprint density at radius 1 is 1.33 bits per heavy atom. The van der Waals surface area contributed by atoms with Crippen molar-refractivity contribution in [2.75, 3.05) is 39.8 Å². The van der Waals surface area contributed by atoms with Gasteiger partial charge in [0.1, 0.15) is 0 Å². The van der Waals surface area contributed by atoms with Crippen molar-refractivity contribution in [2.24, 2.45) is 0 Å². The van der Waals surface area contributed by atoms with Gasteiger partial charge < -0.3 is 10.2 Å². The predicted molar refractivity (Wildman–Crippen MR) is 78.0 cm³/mol. The van der Waals surface area contributed by atoms with Crippen LogP contribution in [0, 0.1) is 0 Å². The van der Waals surface area contributed by atoms with Gasteiger partial charge in [0, 0.05) is 24.7 Å². The van der Waals surface area contributed by atoms with E-state index in [0.717, 1.165) is 6.04 Å². The Balaban J connectivity index is 1.78. The van der Waals surface area contributed by atoms with Crippen molar-refractivity contribution in [1.82, 2.24) is 15.1 Å². The Kier molecular flexibility index (Phi) is 5.05. The largest absolute Gasteiger partial charge is 0.310 e. The Morgan fingerprint density at radius 3 is 2.83 bits per heavy atom. The van der Waals surface area contributed by atoms with E-state index in [1.54, 1.807) is 0 Å². The molecular formula is C15H31N3. The van der Waals surface area contributed by atoms with E-state index in [0.29, 0.717) is 5.54 Å². The van der Waals surface area contributed by atoms with Crippen molar-refractivity contribution in [3.63, 3.8) is 0 Å². The monoisotopic (exact) mass is 253 g/mol. The van der Waals surface area contributed by atoms with Crippen LogP contribution in [0.5, 0.6) is 0 Å². The van der Waals surface area contributed by atoms with E-state index in [-0.39, 0.29) is 0 Å². The maximum Gasteiger partial charge on any atom is 0.0280 e. The molecule has 0 bridgehead atoms. The van der Waals surface area contributed by atoms with E-state index in [2.05, 4.69) is 36.0 Å². The Hall–Kier alpha value is -0.120. The first-order chi connectivity index (χ1) is 8.63. The summed E-state index contributed by atoms with van der Waals surface area (Å²) in [6, 6.07) is 0.798. The first-order valence-corrected chi connectivity index (χ1v) is 7.80. The second-order valence-electron chi connectivity index (χ2n) is 6.57. The Labute approximate surface area is 113 Å². The van der Waals surface area contributed by atoms with E-state index in [1.807, 2.05) is 0 Å². The van der Waals surface area contributed by atoms with E-state index < -0.39 is 0 Å². The molecule has 3 nitrogen and oxygen atoms in total. The molecule has 0 saturated carbocycles. The molecule has 0 aromatic rings.